The van der Waals surface area contributed by atoms with Gasteiger partial charge in [-0.1, -0.05) is 0 Å². The van der Waals surface area contributed by atoms with Gasteiger partial charge in [0.2, 0.25) is 5.91 Å². The second-order valence-electron chi connectivity index (χ2n) is 7.89. The second-order valence-corrected chi connectivity index (χ2v) is 7.89. The Morgan fingerprint density at radius 1 is 1.11 bits per heavy atom. The lowest BCUT2D eigenvalue weighted by Crippen LogP contribution is -2.57. The van der Waals surface area contributed by atoms with Crippen LogP contribution in [0.25, 0.3) is 0 Å². The van der Waals surface area contributed by atoms with E-state index in [9.17, 15) is 4.79 Å². The van der Waals surface area contributed by atoms with Crippen LogP contribution in [0.4, 0.5) is 5.69 Å². The molecular weight excluding hydrogens is 360 g/mol. The molecule has 0 bridgehead atoms. The molecule has 1 amide bonds. The molecule has 0 spiro atoms. The smallest absolute Gasteiger partial charge is 0.226 e. The predicted octanol–water partition coefficient (Wildman–Crippen LogP) is 3.14. The monoisotopic (exact) mass is 390 g/mol. The lowest BCUT2D eigenvalue weighted by Gasteiger charge is -2.44. The van der Waals surface area contributed by atoms with E-state index in [1.807, 2.05) is 24.3 Å². The molecule has 1 aromatic rings. The summed E-state index contributed by atoms with van der Waals surface area (Å²) in [7, 11) is 0. The van der Waals surface area contributed by atoms with Crippen LogP contribution in [0.3, 0.4) is 0 Å². The lowest BCUT2D eigenvalue weighted by atomic mass is 9.93. The lowest BCUT2D eigenvalue weighted by molar-refractivity contribution is -0.141. The van der Waals surface area contributed by atoms with Crippen molar-refractivity contribution in [3.05, 3.63) is 29.8 Å². The minimum atomic E-state index is 0. The highest BCUT2D eigenvalue weighted by atomic mass is 35.5. The molecule has 27 heavy (non-hydrogen) atoms. The van der Waals surface area contributed by atoms with Crippen LogP contribution >= 0.6 is 12.4 Å². The van der Waals surface area contributed by atoms with Crippen molar-refractivity contribution in [1.29, 1.82) is 5.26 Å². The van der Waals surface area contributed by atoms with Crippen LogP contribution in [0.2, 0.25) is 0 Å². The van der Waals surface area contributed by atoms with E-state index >= 15 is 0 Å². The minimum absolute atomic E-state index is 0. The first-order valence-electron chi connectivity index (χ1n) is 9.79. The van der Waals surface area contributed by atoms with Gasteiger partial charge in [0.15, 0.2) is 0 Å². The van der Waals surface area contributed by atoms with Gasteiger partial charge in [-0.25, -0.2) is 0 Å². The number of rotatable bonds is 3. The number of nitrogens with zero attached hydrogens (tertiary/aromatic N) is 4. The standard InChI is InChI=1S/C21H30N4O.ClH/c1-16(2)24-12-13-25(17(3)15-24)21(26)19-8-10-23(11-9-19)20-6-4-18(14-22)5-7-20;/h4-7,16-17,19H,8-13,15H2,1-3H3;1H. The molecule has 1 unspecified atom stereocenters. The Hall–Kier alpha value is -1.77. The molecule has 0 aromatic heterocycles. The average molecular weight is 391 g/mol. The first kappa shape index (κ1) is 21.5. The Morgan fingerprint density at radius 2 is 1.74 bits per heavy atom. The number of halogens is 1. The van der Waals surface area contributed by atoms with Crippen molar-refractivity contribution in [2.75, 3.05) is 37.6 Å². The molecule has 5 nitrogen and oxygen atoms in total. The predicted molar refractivity (Wildman–Crippen MR) is 111 cm³/mol. The molecule has 0 aliphatic carbocycles. The highest BCUT2D eigenvalue weighted by Crippen LogP contribution is 2.26. The zero-order valence-corrected chi connectivity index (χ0v) is 17.4. The van der Waals surface area contributed by atoms with Gasteiger partial charge in [0.05, 0.1) is 11.6 Å². The van der Waals surface area contributed by atoms with E-state index in [1.165, 1.54) is 0 Å². The third kappa shape index (κ3) is 4.94. The number of nitriles is 1. The van der Waals surface area contributed by atoms with E-state index in [0.717, 1.165) is 51.3 Å². The molecule has 2 saturated heterocycles. The van der Waals surface area contributed by atoms with Crippen molar-refractivity contribution in [3.63, 3.8) is 0 Å². The van der Waals surface area contributed by atoms with Gasteiger partial charge in [-0.15, -0.1) is 12.4 Å². The SMILES string of the molecule is CC(C)N1CCN(C(=O)C2CCN(c3ccc(C#N)cc3)CC2)C(C)C1.Cl. The van der Waals surface area contributed by atoms with Crippen molar-refractivity contribution >= 4 is 24.0 Å². The van der Waals surface area contributed by atoms with Crippen molar-refractivity contribution in [2.24, 2.45) is 5.92 Å². The van der Waals surface area contributed by atoms with Gasteiger partial charge in [-0.05, 0) is 57.9 Å². The molecule has 2 aliphatic heterocycles. The van der Waals surface area contributed by atoms with Gasteiger partial charge >= 0.3 is 0 Å². The zero-order valence-electron chi connectivity index (χ0n) is 16.6. The van der Waals surface area contributed by atoms with Crippen molar-refractivity contribution < 1.29 is 4.79 Å². The Kier molecular flexibility index (Phi) is 7.52. The fraction of sp³-hybridized carbons (Fsp3) is 0.619. The van der Waals surface area contributed by atoms with Crippen LogP contribution < -0.4 is 4.90 Å². The van der Waals surface area contributed by atoms with Crippen LogP contribution in [0, 0.1) is 17.2 Å². The summed E-state index contributed by atoms with van der Waals surface area (Å²) >= 11 is 0. The Labute approximate surface area is 169 Å². The molecule has 0 saturated carbocycles. The zero-order chi connectivity index (χ0) is 18.7. The molecule has 1 atom stereocenters. The maximum atomic E-state index is 13.0. The average Bonchev–Trinajstić information content (AvgIpc) is 2.67. The van der Waals surface area contributed by atoms with E-state index in [0.29, 0.717) is 23.6 Å². The summed E-state index contributed by atoms with van der Waals surface area (Å²) < 4.78 is 0. The molecule has 1 aromatic carbocycles. The first-order valence-corrected chi connectivity index (χ1v) is 9.79. The molecule has 2 aliphatic rings. The van der Waals surface area contributed by atoms with Crippen LogP contribution in [-0.4, -0.2) is 60.5 Å². The van der Waals surface area contributed by atoms with Crippen LogP contribution in [0.5, 0.6) is 0 Å². The van der Waals surface area contributed by atoms with Crippen LogP contribution in [0.1, 0.15) is 39.2 Å². The van der Waals surface area contributed by atoms with Crippen molar-refractivity contribution in [3.8, 4) is 6.07 Å². The normalized spacial score (nSPS) is 21.7. The Bertz CT molecular complexity index is 662. The van der Waals surface area contributed by atoms with E-state index in [1.54, 1.807) is 0 Å². The fourth-order valence-corrected chi connectivity index (χ4v) is 4.15. The third-order valence-electron chi connectivity index (χ3n) is 5.88. The number of carbonyl (C=O) groups is 1. The minimum Gasteiger partial charge on any atom is -0.371 e. The maximum absolute atomic E-state index is 13.0. The molecule has 2 fully saturated rings. The summed E-state index contributed by atoms with van der Waals surface area (Å²) in [5.74, 6) is 0.498. The van der Waals surface area contributed by atoms with Gasteiger partial charge < -0.3 is 9.80 Å². The number of anilines is 1. The molecule has 0 radical (unpaired) electrons. The van der Waals surface area contributed by atoms with Crippen LogP contribution in [0.15, 0.2) is 24.3 Å². The van der Waals surface area contributed by atoms with Gasteiger partial charge in [0, 0.05) is 56.4 Å². The number of hydrogen-bond acceptors (Lipinski definition) is 4. The van der Waals surface area contributed by atoms with Gasteiger partial charge in [0.25, 0.3) is 0 Å². The highest BCUT2D eigenvalue weighted by Gasteiger charge is 2.34. The van der Waals surface area contributed by atoms with E-state index in [4.69, 9.17) is 5.26 Å². The molecule has 0 N–H and O–H groups in total. The highest BCUT2D eigenvalue weighted by molar-refractivity contribution is 5.85. The third-order valence-corrected chi connectivity index (χ3v) is 5.88. The van der Waals surface area contributed by atoms with Crippen molar-refractivity contribution in [2.45, 2.75) is 45.7 Å². The number of amides is 1. The number of piperidine rings is 1. The molecular formula is C21H31ClN4O. The first-order chi connectivity index (χ1) is 12.5. The summed E-state index contributed by atoms with van der Waals surface area (Å²) in [6, 6.07) is 10.7. The quantitative estimate of drug-likeness (QED) is 0.795. The van der Waals surface area contributed by atoms with E-state index < -0.39 is 0 Å². The Balaban J connectivity index is 0.00000261. The van der Waals surface area contributed by atoms with E-state index in [-0.39, 0.29) is 18.3 Å². The van der Waals surface area contributed by atoms with Crippen LogP contribution in [-0.2, 0) is 4.79 Å². The maximum Gasteiger partial charge on any atom is 0.226 e. The number of piperazine rings is 1. The summed E-state index contributed by atoms with van der Waals surface area (Å²) in [5.41, 5.74) is 1.84. The van der Waals surface area contributed by atoms with Gasteiger partial charge in [0.1, 0.15) is 0 Å². The van der Waals surface area contributed by atoms with Gasteiger partial charge in [-0.2, -0.15) is 5.26 Å². The largest absolute Gasteiger partial charge is 0.371 e. The summed E-state index contributed by atoms with van der Waals surface area (Å²) in [5, 5.41) is 8.92. The molecule has 3 rings (SSSR count). The van der Waals surface area contributed by atoms with E-state index in [2.05, 4.69) is 41.5 Å². The topological polar surface area (TPSA) is 50.6 Å². The fourth-order valence-electron chi connectivity index (χ4n) is 4.15. The number of carbonyl (C=O) groups excluding carboxylic acids is 1. The Morgan fingerprint density at radius 3 is 2.26 bits per heavy atom. The van der Waals surface area contributed by atoms with Gasteiger partial charge in [-0.3, -0.25) is 9.69 Å². The molecule has 2 heterocycles. The molecule has 148 valence electrons. The summed E-state index contributed by atoms with van der Waals surface area (Å²) in [6.07, 6.45) is 1.83. The summed E-state index contributed by atoms with van der Waals surface area (Å²) in [4.78, 5) is 19.9. The van der Waals surface area contributed by atoms with Crippen molar-refractivity contribution in [1.82, 2.24) is 9.80 Å². The second kappa shape index (κ2) is 9.43. The molecule has 6 heteroatoms. The number of benzene rings is 1. The summed E-state index contributed by atoms with van der Waals surface area (Å²) in [6.45, 7) is 11.3. The number of hydrogen-bond donors (Lipinski definition) is 0.